The molecule has 20 heavy (non-hydrogen) atoms. The first kappa shape index (κ1) is 14.5. The number of halogens is 1. The standard InChI is InChI=1S/C15H15ClN2O2/c16-13-6-7-14(17-9-13)15(20)18-8-12(10-19)11-4-2-1-3-5-11/h1-7,9,12,19H,8,10H2,(H,18,20)/t12-/m1/s1. The predicted octanol–water partition coefficient (Wildman–Crippen LogP) is 2.24. The molecule has 2 aromatic rings. The van der Waals surface area contributed by atoms with Crippen molar-refractivity contribution in [3.63, 3.8) is 0 Å². The van der Waals surface area contributed by atoms with E-state index in [1.54, 1.807) is 12.1 Å². The molecular weight excluding hydrogens is 276 g/mol. The van der Waals surface area contributed by atoms with Crippen molar-refractivity contribution in [3.8, 4) is 0 Å². The third-order valence-corrected chi connectivity index (χ3v) is 3.18. The van der Waals surface area contributed by atoms with Crippen molar-refractivity contribution in [3.05, 3.63) is 64.9 Å². The molecule has 0 radical (unpaired) electrons. The summed E-state index contributed by atoms with van der Waals surface area (Å²) in [6.07, 6.45) is 1.43. The van der Waals surface area contributed by atoms with Crippen molar-refractivity contribution < 1.29 is 9.90 Å². The highest BCUT2D eigenvalue weighted by Gasteiger charge is 2.13. The van der Waals surface area contributed by atoms with Crippen molar-refractivity contribution in [2.75, 3.05) is 13.2 Å². The highest BCUT2D eigenvalue weighted by atomic mass is 35.5. The number of hydrogen-bond acceptors (Lipinski definition) is 3. The van der Waals surface area contributed by atoms with Crippen LogP contribution in [-0.4, -0.2) is 29.1 Å². The fourth-order valence-electron chi connectivity index (χ4n) is 1.83. The Morgan fingerprint density at radius 1 is 1.25 bits per heavy atom. The molecule has 104 valence electrons. The summed E-state index contributed by atoms with van der Waals surface area (Å²) in [5.41, 5.74) is 1.29. The highest BCUT2D eigenvalue weighted by molar-refractivity contribution is 6.30. The van der Waals surface area contributed by atoms with E-state index in [2.05, 4.69) is 10.3 Å². The third kappa shape index (κ3) is 3.79. The summed E-state index contributed by atoms with van der Waals surface area (Å²) < 4.78 is 0. The summed E-state index contributed by atoms with van der Waals surface area (Å²) in [5.74, 6) is -0.413. The van der Waals surface area contributed by atoms with E-state index in [4.69, 9.17) is 11.6 Å². The van der Waals surface area contributed by atoms with Gasteiger partial charge in [0.05, 0.1) is 11.6 Å². The van der Waals surface area contributed by atoms with Crippen molar-refractivity contribution in [1.29, 1.82) is 0 Å². The van der Waals surface area contributed by atoms with Gasteiger partial charge in [-0.25, -0.2) is 4.98 Å². The largest absolute Gasteiger partial charge is 0.396 e. The predicted molar refractivity (Wildman–Crippen MR) is 77.8 cm³/mol. The molecule has 1 aromatic carbocycles. The molecule has 0 aliphatic carbocycles. The van der Waals surface area contributed by atoms with Gasteiger partial charge in [-0.2, -0.15) is 0 Å². The maximum atomic E-state index is 11.9. The van der Waals surface area contributed by atoms with Gasteiger partial charge in [-0.3, -0.25) is 4.79 Å². The minimum atomic E-state index is -0.281. The smallest absolute Gasteiger partial charge is 0.269 e. The van der Waals surface area contributed by atoms with Crippen LogP contribution in [0, 0.1) is 0 Å². The van der Waals surface area contributed by atoms with Crippen molar-refractivity contribution >= 4 is 17.5 Å². The van der Waals surface area contributed by atoms with E-state index in [9.17, 15) is 9.90 Å². The molecule has 2 rings (SSSR count). The van der Waals surface area contributed by atoms with E-state index >= 15 is 0 Å². The Morgan fingerprint density at radius 3 is 2.60 bits per heavy atom. The second-order valence-corrected chi connectivity index (χ2v) is 4.80. The van der Waals surface area contributed by atoms with Gasteiger partial charge in [0.25, 0.3) is 5.91 Å². The molecule has 0 saturated heterocycles. The zero-order valence-corrected chi connectivity index (χ0v) is 11.5. The van der Waals surface area contributed by atoms with Gasteiger partial charge in [-0.1, -0.05) is 41.9 Å². The monoisotopic (exact) mass is 290 g/mol. The molecule has 2 N–H and O–H groups in total. The van der Waals surface area contributed by atoms with Crippen LogP contribution in [0.5, 0.6) is 0 Å². The summed E-state index contributed by atoms with van der Waals surface area (Å²) in [7, 11) is 0. The number of nitrogens with one attached hydrogen (secondary N) is 1. The molecule has 0 fully saturated rings. The molecule has 0 aliphatic heterocycles. The van der Waals surface area contributed by atoms with Gasteiger partial charge < -0.3 is 10.4 Å². The fourth-order valence-corrected chi connectivity index (χ4v) is 1.94. The summed E-state index contributed by atoms with van der Waals surface area (Å²) in [4.78, 5) is 15.9. The number of aromatic nitrogens is 1. The van der Waals surface area contributed by atoms with Crippen molar-refractivity contribution in [1.82, 2.24) is 10.3 Å². The first-order valence-electron chi connectivity index (χ1n) is 6.26. The molecular formula is C15H15ClN2O2. The van der Waals surface area contributed by atoms with E-state index in [0.717, 1.165) is 5.56 Å². The Balaban J connectivity index is 1.96. The number of aliphatic hydroxyl groups is 1. The van der Waals surface area contributed by atoms with E-state index in [0.29, 0.717) is 17.3 Å². The lowest BCUT2D eigenvalue weighted by atomic mass is 10.00. The van der Waals surface area contributed by atoms with Crippen LogP contribution in [0.3, 0.4) is 0 Å². The number of nitrogens with zero attached hydrogens (tertiary/aromatic N) is 1. The van der Waals surface area contributed by atoms with Crippen LogP contribution in [0.2, 0.25) is 5.02 Å². The lowest BCUT2D eigenvalue weighted by Crippen LogP contribution is -2.30. The quantitative estimate of drug-likeness (QED) is 0.888. The van der Waals surface area contributed by atoms with Gasteiger partial charge in [0.2, 0.25) is 0 Å². The van der Waals surface area contributed by atoms with E-state index in [1.165, 1.54) is 6.20 Å². The molecule has 0 unspecified atom stereocenters. The van der Waals surface area contributed by atoms with Crippen LogP contribution < -0.4 is 5.32 Å². The Bertz CT molecular complexity index is 558. The first-order valence-corrected chi connectivity index (χ1v) is 6.64. The number of aliphatic hydroxyl groups excluding tert-OH is 1. The van der Waals surface area contributed by atoms with Crippen LogP contribution in [0.25, 0.3) is 0 Å². The normalized spacial score (nSPS) is 11.9. The average Bonchev–Trinajstić information content (AvgIpc) is 2.49. The van der Waals surface area contributed by atoms with E-state index < -0.39 is 0 Å². The molecule has 0 saturated carbocycles. The number of carbonyl (C=O) groups excluding carboxylic acids is 1. The van der Waals surface area contributed by atoms with Gasteiger partial charge in [0.15, 0.2) is 0 Å². The first-order chi connectivity index (χ1) is 9.70. The molecule has 1 heterocycles. The summed E-state index contributed by atoms with van der Waals surface area (Å²) in [6, 6.07) is 12.7. The zero-order valence-electron chi connectivity index (χ0n) is 10.8. The lowest BCUT2D eigenvalue weighted by molar-refractivity contribution is 0.0942. The zero-order chi connectivity index (χ0) is 14.4. The van der Waals surface area contributed by atoms with Crippen LogP contribution in [0.15, 0.2) is 48.7 Å². The topological polar surface area (TPSA) is 62.2 Å². The Hall–Kier alpha value is -1.91. The van der Waals surface area contributed by atoms with Gasteiger partial charge in [-0.05, 0) is 17.7 Å². The molecule has 1 aromatic heterocycles. The second-order valence-electron chi connectivity index (χ2n) is 4.36. The Kier molecular flexibility index (Phi) is 5.09. The number of carbonyl (C=O) groups is 1. The number of amides is 1. The van der Waals surface area contributed by atoms with Crippen molar-refractivity contribution in [2.45, 2.75) is 5.92 Å². The third-order valence-electron chi connectivity index (χ3n) is 2.96. The summed E-state index contributed by atoms with van der Waals surface area (Å²) in [6.45, 7) is 0.321. The van der Waals surface area contributed by atoms with Crippen LogP contribution >= 0.6 is 11.6 Å². The highest BCUT2D eigenvalue weighted by Crippen LogP contribution is 2.14. The minimum Gasteiger partial charge on any atom is -0.396 e. The summed E-state index contributed by atoms with van der Waals surface area (Å²) in [5, 5.41) is 12.7. The molecule has 0 bridgehead atoms. The number of rotatable bonds is 5. The molecule has 0 aliphatic rings. The van der Waals surface area contributed by atoms with Gasteiger partial charge >= 0.3 is 0 Å². The SMILES string of the molecule is O=C(NC[C@H](CO)c1ccccc1)c1ccc(Cl)cn1. The van der Waals surface area contributed by atoms with Gasteiger partial charge in [0.1, 0.15) is 5.69 Å². The van der Waals surface area contributed by atoms with E-state index in [-0.39, 0.29) is 18.4 Å². The van der Waals surface area contributed by atoms with Gasteiger partial charge in [0, 0.05) is 18.7 Å². The van der Waals surface area contributed by atoms with E-state index in [1.807, 2.05) is 30.3 Å². The average molecular weight is 291 g/mol. The minimum absolute atomic E-state index is 0.0294. The van der Waals surface area contributed by atoms with Crippen molar-refractivity contribution in [2.24, 2.45) is 0 Å². The molecule has 1 amide bonds. The number of benzene rings is 1. The van der Waals surface area contributed by atoms with Crippen LogP contribution in [-0.2, 0) is 0 Å². The fraction of sp³-hybridized carbons (Fsp3) is 0.200. The Labute approximate surface area is 122 Å². The second kappa shape index (κ2) is 7.03. The van der Waals surface area contributed by atoms with Gasteiger partial charge in [-0.15, -0.1) is 0 Å². The number of hydrogen-bond donors (Lipinski definition) is 2. The maximum absolute atomic E-state index is 11.9. The number of pyridine rings is 1. The molecule has 1 atom stereocenters. The van der Waals surface area contributed by atoms with Crippen LogP contribution in [0.1, 0.15) is 22.0 Å². The molecule has 5 heteroatoms. The maximum Gasteiger partial charge on any atom is 0.269 e. The molecule has 4 nitrogen and oxygen atoms in total. The molecule has 0 spiro atoms. The lowest BCUT2D eigenvalue weighted by Gasteiger charge is -2.15. The van der Waals surface area contributed by atoms with Crippen LogP contribution in [0.4, 0.5) is 0 Å². The Morgan fingerprint density at radius 2 is 2.00 bits per heavy atom. The summed E-state index contributed by atoms with van der Waals surface area (Å²) >= 11 is 5.72.